The van der Waals surface area contributed by atoms with E-state index in [4.69, 9.17) is 4.52 Å². The minimum absolute atomic E-state index is 0.155. The highest BCUT2D eigenvalue weighted by atomic mass is 32.2. The molecule has 5 heteroatoms. The summed E-state index contributed by atoms with van der Waals surface area (Å²) in [5, 5.41) is 4.38. The van der Waals surface area contributed by atoms with Crippen molar-refractivity contribution in [3.05, 3.63) is 52.9 Å². The van der Waals surface area contributed by atoms with Crippen LogP contribution in [0.2, 0.25) is 0 Å². The SMILES string of the molecule is Cc1noc(C)c1CCC(=O)N1CCS[C@@H](C)[C@H]1c1ccccc1. The Kier molecular flexibility index (Phi) is 5.29. The predicted molar refractivity (Wildman–Crippen MR) is 97.1 cm³/mol. The standard InChI is InChI=1S/C19H24N2O2S/c1-13-17(14(2)23-20-13)9-10-18(22)21-11-12-24-15(3)19(21)16-7-5-4-6-8-16/h4-8,15,19H,9-12H2,1-3H3/t15-,19-/m0/s1. The third-order valence-electron chi connectivity index (χ3n) is 4.72. The number of hydrogen-bond acceptors (Lipinski definition) is 4. The molecule has 0 bridgehead atoms. The molecule has 1 fully saturated rings. The van der Waals surface area contributed by atoms with Crippen molar-refractivity contribution >= 4 is 17.7 Å². The number of carbonyl (C=O) groups excluding carboxylic acids is 1. The number of carbonyl (C=O) groups is 1. The monoisotopic (exact) mass is 344 g/mol. The van der Waals surface area contributed by atoms with Crippen molar-refractivity contribution in [3.8, 4) is 0 Å². The molecule has 1 aliphatic rings. The van der Waals surface area contributed by atoms with Crippen molar-refractivity contribution in [2.75, 3.05) is 12.3 Å². The van der Waals surface area contributed by atoms with Gasteiger partial charge >= 0.3 is 0 Å². The lowest BCUT2D eigenvalue weighted by Crippen LogP contribution is -2.44. The Labute approximate surface area is 147 Å². The second-order valence-electron chi connectivity index (χ2n) is 6.32. The third-order valence-corrected chi connectivity index (χ3v) is 5.93. The first kappa shape index (κ1) is 17.1. The lowest BCUT2D eigenvalue weighted by molar-refractivity contribution is -0.133. The van der Waals surface area contributed by atoms with Gasteiger partial charge in [0, 0.05) is 29.5 Å². The molecule has 1 aromatic heterocycles. The van der Waals surface area contributed by atoms with E-state index in [2.05, 4.69) is 29.1 Å². The molecule has 0 saturated carbocycles. The third kappa shape index (κ3) is 3.51. The van der Waals surface area contributed by atoms with Gasteiger partial charge in [-0.3, -0.25) is 4.79 Å². The molecule has 2 heterocycles. The Morgan fingerprint density at radius 2 is 2.08 bits per heavy atom. The number of aryl methyl sites for hydroxylation is 2. The van der Waals surface area contributed by atoms with Gasteiger partial charge in [-0.15, -0.1) is 0 Å². The minimum Gasteiger partial charge on any atom is -0.361 e. The lowest BCUT2D eigenvalue weighted by atomic mass is 10.0. The number of amides is 1. The fourth-order valence-electron chi connectivity index (χ4n) is 3.44. The average molecular weight is 344 g/mol. The molecule has 1 saturated heterocycles. The molecule has 24 heavy (non-hydrogen) atoms. The minimum atomic E-state index is 0.155. The molecule has 0 aliphatic carbocycles. The van der Waals surface area contributed by atoms with Crippen LogP contribution in [0.1, 0.15) is 42.0 Å². The molecule has 1 amide bonds. The van der Waals surface area contributed by atoms with Gasteiger partial charge in [0.1, 0.15) is 5.76 Å². The Morgan fingerprint density at radius 1 is 1.33 bits per heavy atom. The molecule has 2 aromatic rings. The van der Waals surface area contributed by atoms with E-state index in [1.807, 2.05) is 43.8 Å². The Balaban J connectivity index is 1.74. The van der Waals surface area contributed by atoms with Crippen LogP contribution in [0.3, 0.4) is 0 Å². The highest BCUT2D eigenvalue weighted by Gasteiger charge is 2.33. The maximum absolute atomic E-state index is 12.9. The molecule has 2 atom stereocenters. The van der Waals surface area contributed by atoms with E-state index in [1.54, 1.807) is 0 Å². The van der Waals surface area contributed by atoms with Crippen LogP contribution in [-0.2, 0) is 11.2 Å². The van der Waals surface area contributed by atoms with E-state index in [9.17, 15) is 4.79 Å². The van der Waals surface area contributed by atoms with Crippen molar-refractivity contribution in [3.63, 3.8) is 0 Å². The quantitative estimate of drug-likeness (QED) is 0.843. The summed E-state index contributed by atoms with van der Waals surface area (Å²) in [4.78, 5) is 15.0. The molecule has 0 unspecified atom stereocenters. The molecular formula is C19H24N2O2S. The molecular weight excluding hydrogens is 320 g/mol. The molecule has 128 valence electrons. The van der Waals surface area contributed by atoms with Gasteiger partial charge in [0.2, 0.25) is 5.91 Å². The first-order valence-corrected chi connectivity index (χ1v) is 9.50. The zero-order chi connectivity index (χ0) is 17.1. The topological polar surface area (TPSA) is 46.3 Å². The van der Waals surface area contributed by atoms with Gasteiger partial charge in [-0.2, -0.15) is 11.8 Å². The molecule has 0 radical (unpaired) electrons. The number of hydrogen-bond donors (Lipinski definition) is 0. The fourth-order valence-corrected chi connectivity index (χ4v) is 4.60. The smallest absolute Gasteiger partial charge is 0.223 e. The molecule has 0 N–H and O–H groups in total. The normalized spacial score (nSPS) is 21.0. The summed E-state index contributed by atoms with van der Waals surface area (Å²) >= 11 is 1.94. The van der Waals surface area contributed by atoms with E-state index in [0.717, 1.165) is 29.3 Å². The zero-order valence-corrected chi connectivity index (χ0v) is 15.3. The first-order valence-electron chi connectivity index (χ1n) is 8.45. The van der Waals surface area contributed by atoms with Crippen LogP contribution >= 0.6 is 11.8 Å². The largest absolute Gasteiger partial charge is 0.361 e. The van der Waals surface area contributed by atoms with Crippen molar-refractivity contribution in [2.24, 2.45) is 0 Å². The summed E-state index contributed by atoms with van der Waals surface area (Å²) in [5.41, 5.74) is 3.18. The van der Waals surface area contributed by atoms with Gasteiger partial charge in [-0.05, 0) is 25.8 Å². The van der Waals surface area contributed by atoms with Gasteiger partial charge < -0.3 is 9.42 Å². The Hall–Kier alpha value is -1.75. The van der Waals surface area contributed by atoms with Crippen molar-refractivity contribution in [1.82, 2.24) is 10.1 Å². The van der Waals surface area contributed by atoms with Gasteiger partial charge in [-0.1, -0.05) is 42.4 Å². The molecule has 1 aliphatic heterocycles. The molecule has 1 aromatic carbocycles. The van der Waals surface area contributed by atoms with E-state index in [0.29, 0.717) is 18.1 Å². The molecule has 3 rings (SSSR count). The second-order valence-corrected chi connectivity index (χ2v) is 7.81. The van der Waals surface area contributed by atoms with E-state index >= 15 is 0 Å². The van der Waals surface area contributed by atoms with E-state index in [-0.39, 0.29) is 11.9 Å². The summed E-state index contributed by atoms with van der Waals surface area (Å²) in [6.07, 6.45) is 1.20. The fraction of sp³-hybridized carbons (Fsp3) is 0.474. The number of benzene rings is 1. The predicted octanol–water partition coefficient (Wildman–Crippen LogP) is 3.93. The van der Waals surface area contributed by atoms with Gasteiger partial charge in [-0.25, -0.2) is 0 Å². The summed E-state index contributed by atoms with van der Waals surface area (Å²) in [6.45, 7) is 6.87. The van der Waals surface area contributed by atoms with Gasteiger partial charge in [0.25, 0.3) is 0 Å². The van der Waals surface area contributed by atoms with E-state index in [1.165, 1.54) is 5.56 Å². The Bertz CT molecular complexity index is 679. The number of aromatic nitrogens is 1. The molecule has 0 spiro atoms. The summed E-state index contributed by atoms with van der Waals surface area (Å²) in [6, 6.07) is 10.5. The van der Waals surface area contributed by atoms with Crippen LogP contribution in [0.5, 0.6) is 0 Å². The maximum Gasteiger partial charge on any atom is 0.223 e. The maximum atomic E-state index is 12.9. The van der Waals surface area contributed by atoms with Crippen LogP contribution in [-0.4, -0.2) is 33.5 Å². The summed E-state index contributed by atoms with van der Waals surface area (Å²) < 4.78 is 5.20. The van der Waals surface area contributed by atoms with E-state index < -0.39 is 0 Å². The van der Waals surface area contributed by atoms with Crippen molar-refractivity contribution < 1.29 is 9.32 Å². The van der Waals surface area contributed by atoms with Crippen LogP contribution in [0.4, 0.5) is 0 Å². The number of thioether (sulfide) groups is 1. The van der Waals surface area contributed by atoms with Crippen LogP contribution in [0, 0.1) is 13.8 Å². The lowest BCUT2D eigenvalue weighted by Gasteiger charge is -2.40. The molecule has 4 nitrogen and oxygen atoms in total. The summed E-state index contributed by atoms with van der Waals surface area (Å²) in [7, 11) is 0. The van der Waals surface area contributed by atoms with Gasteiger partial charge in [0.05, 0.1) is 11.7 Å². The second kappa shape index (κ2) is 7.43. The van der Waals surface area contributed by atoms with Crippen molar-refractivity contribution in [1.29, 1.82) is 0 Å². The van der Waals surface area contributed by atoms with Gasteiger partial charge in [0.15, 0.2) is 0 Å². The van der Waals surface area contributed by atoms with Crippen LogP contribution in [0.15, 0.2) is 34.9 Å². The summed E-state index contributed by atoms with van der Waals surface area (Å²) in [5.74, 6) is 2.04. The van der Waals surface area contributed by atoms with Crippen molar-refractivity contribution in [2.45, 2.75) is 44.9 Å². The number of rotatable bonds is 4. The number of nitrogens with zero attached hydrogens (tertiary/aromatic N) is 2. The highest BCUT2D eigenvalue weighted by Crippen LogP contribution is 2.36. The highest BCUT2D eigenvalue weighted by molar-refractivity contribution is 8.00. The first-order chi connectivity index (χ1) is 11.6. The average Bonchev–Trinajstić information content (AvgIpc) is 2.91. The van der Waals surface area contributed by atoms with Crippen LogP contribution < -0.4 is 0 Å². The zero-order valence-electron chi connectivity index (χ0n) is 14.5. The Morgan fingerprint density at radius 3 is 2.75 bits per heavy atom. The van der Waals surface area contributed by atoms with Crippen LogP contribution in [0.25, 0.3) is 0 Å².